The Morgan fingerprint density at radius 2 is 2.10 bits per heavy atom. The Labute approximate surface area is 119 Å². The molecular formula is C12H17N2O5S-. The number of hydrogen-bond acceptors (Lipinski definition) is 6. The number of nitrogens with one attached hydrogen (secondary N) is 2. The van der Waals surface area contributed by atoms with E-state index in [1.54, 1.807) is 0 Å². The first-order chi connectivity index (χ1) is 9.61. The molecule has 7 nitrogen and oxygen atoms in total. The summed E-state index contributed by atoms with van der Waals surface area (Å²) in [6.07, 6.45) is -0.669. The fourth-order valence-corrected chi connectivity index (χ4v) is 1.69. The fourth-order valence-electron chi connectivity index (χ4n) is 1.41. The van der Waals surface area contributed by atoms with E-state index >= 15 is 0 Å². The zero-order chi connectivity index (χ0) is 14.8. The van der Waals surface area contributed by atoms with Crippen molar-refractivity contribution in [1.29, 1.82) is 0 Å². The molecule has 2 atom stereocenters. The Morgan fingerprint density at radius 1 is 1.40 bits per heavy atom. The van der Waals surface area contributed by atoms with Crippen LogP contribution in [0.5, 0.6) is 0 Å². The van der Waals surface area contributed by atoms with Crippen molar-refractivity contribution in [2.45, 2.75) is 12.6 Å². The van der Waals surface area contributed by atoms with Crippen LogP contribution in [0.2, 0.25) is 0 Å². The maximum absolute atomic E-state index is 11.5. The second kappa shape index (κ2) is 9.43. The zero-order valence-corrected chi connectivity index (χ0v) is 11.6. The van der Waals surface area contributed by atoms with E-state index in [4.69, 9.17) is 9.84 Å². The number of benzene rings is 1. The van der Waals surface area contributed by atoms with Crippen LogP contribution in [0, 0.1) is 0 Å². The minimum Gasteiger partial charge on any atom is -0.771 e. The van der Waals surface area contributed by atoms with Crippen LogP contribution >= 0.6 is 0 Å². The van der Waals surface area contributed by atoms with E-state index in [1.807, 2.05) is 30.3 Å². The molecule has 3 N–H and O–H groups in total. The lowest BCUT2D eigenvalue weighted by atomic mass is 10.2. The molecule has 0 fully saturated rings. The van der Waals surface area contributed by atoms with Crippen molar-refractivity contribution in [3.8, 4) is 0 Å². The molecule has 8 heteroatoms. The molecule has 0 bridgehead atoms. The first kappa shape index (κ1) is 16.6. The number of hydrogen-bond donors (Lipinski definition) is 3. The Bertz CT molecular complexity index is 429. The minimum absolute atomic E-state index is 0.128. The Kier molecular flexibility index (Phi) is 7.81. The molecular weight excluding hydrogens is 284 g/mol. The van der Waals surface area contributed by atoms with Gasteiger partial charge in [-0.15, -0.1) is 0 Å². The molecule has 0 aliphatic heterocycles. The van der Waals surface area contributed by atoms with Crippen molar-refractivity contribution < 1.29 is 23.4 Å². The van der Waals surface area contributed by atoms with Gasteiger partial charge >= 0.3 is 6.09 Å². The largest absolute Gasteiger partial charge is 0.771 e. The first-order valence-electron chi connectivity index (χ1n) is 5.96. The van der Waals surface area contributed by atoms with Gasteiger partial charge in [-0.05, 0) is 16.6 Å². The molecule has 1 amide bonds. The summed E-state index contributed by atoms with van der Waals surface area (Å²) in [7, 11) is 0. The van der Waals surface area contributed by atoms with Gasteiger partial charge < -0.3 is 25.0 Å². The lowest BCUT2D eigenvalue weighted by Gasteiger charge is -2.17. The van der Waals surface area contributed by atoms with Gasteiger partial charge in [-0.1, -0.05) is 30.3 Å². The predicted molar refractivity (Wildman–Crippen MR) is 72.4 cm³/mol. The lowest BCUT2D eigenvalue weighted by molar-refractivity contribution is 0.129. The molecule has 1 aromatic rings. The SMILES string of the molecule is O=C(N[C@@H](CO)CNCS(=O)[O-])OCc1ccccc1. The van der Waals surface area contributed by atoms with Crippen LogP contribution in [0.15, 0.2) is 30.3 Å². The average molecular weight is 301 g/mol. The molecule has 0 aliphatic carbocycles. The van der Waals surface area contributed by atoms with Crippen molar-refractivity contribution >= 4 is 17.2 Å². The zero-order valence-electron chi connectivity index (χ0n) is 10.8. The van der Waals surface area contributed by atoms with Gasteiger partial charge in [-0.25, -0.2) is 4.79 Å². The molecule has 112 valence electrons. The summed E-state index contributed by atoms with van der Waals surface area (Å²) in [5.74, 6) is -0.239. The second-order valence-electron chi connectivity index (χ2n) is 3.99. The normalized spacial score (nSPS) is 13.5. The third-order valence-corrected chi connectivity index (χ3v) is 2.81. The third kappa shape index (κ3) is 7.19. The van der Waals surface area contributed by atoms with Crippen LogP contribution in [0.3, 0.4) is 0 Å². The number of rotatable bonds is 8. The smallest absolute Gasteiger partial charge is 0.407 e. The number of amides is 1. The summed E-state index contributed by atoms with van der Waals surface area (Å²) in [5, 5.41) is 14.1. The lowest BCUT2D eigenvalue weighted by Crippen LogP contribution is -2.45. The molecule has 0 aromatic heterocycles. The van der Waals surface area contributed by atoms with Crippen LogP contribution in [0.4, 0.5) is 4.79 Å². The summed E-state index contributed by atoms with van der Waals surface area (Å²) in [6.45, 7) is -0.0628. The number of aliphatic hydroxyl groups excluding tert-OH is 1. The molecule has 0 saturated heterocycles. The quantitative estimate of drug-likeness (QED) is 0.569. The monoisotopic (exact) mass is 301 g/mol. The summed E-state index contributed by atoms with van der Waals surface area (Å²) in [4.78, 5) is 11.5. The highest BCUT2D eigenvalue weighted by atomic mass is 32.2. The van der Waals surface area contributed by atoms with Gasteiger partial charge in [0.25, 0.3) is 0 Å². The van der Waals surface area contributed by atoms with E-state index in [2.05, 4.69) is 10.6 Å². The Balaban J connectivity index is 2.26. The summed E-state index contributed by atoms with van der Waals surface area (Å²) in [6, 6.07) is 8.56. The van der Waals surface area contributed by atoms with Crippen molar-refractivity contribution in [3.05, 3.63) is 35.9 Å². The maximum Gasteiger partial charge on any atom is 0.407 e. The highest BCUT2D eigenvalue weighted by Crippen LogP contribution is 2.00. The Hall–Kier alpha value is -1.48. The molecule has 0 radical (unpaired) electrons. The van der Waals surface area contributed by atoms with Gasteiger partial charge in [-0.3, -0.25) is 4.21 Å². The van der Waals surface area contributed by atoms with E-state index in [-0.39, 0.29) is 25.6 Å². The van der Waals surface area contributed by atoms with Gasteiger partial charge in [0.15, 0.2) is 0 Å². The third-order valence-electron chi connectivity index (χ3n) is 2.37. The van der Waals surface area contributed by atoms with E-state index in [0.717, 1.165) is 5.56 Å². The number of aliphatic hydroxyl groups is 1. The van der Waals surface area contributed by atoms with Gasteiger partial charge in [0.05, 0.1) is 18.5 Å². The van der Waals surface area contributed by atoms with Gasteiger partial charge in [0.2, 0.25) is 0 Å². The van der Waals surface area contributed by atoms with Crippen LogP contribution < -0.4 is 10.6 Å². The van der Waals surface area contributed by atoms with E-state index < -0.39 is 23.2 Å². The van der Waals surface area contributed by atoms with Crippen molar-refractivity contribution in [1.82, 2.24) is 10.6 Å². The van der Waals surface area contributed by atoms with Crippen molar-refractivity contribution in [2.75, 3.05) is 19.0 Å². The number of carbonyl (C=O) groups is 1. The molecule has 0 heterocycles. The highest BCUT2D eigenvalue weighted by Gasteiger charge is 2.11. The van der Waals surface area contributed by atoms with Crippen molar-refractivity contribution in [2.24, 2.45) is 0 Å². The molecule has 0 spiro atoms. The maximum atomic E-state index is 11.5. The number of ether oxygens (including phenoxy) is 1. The van der Waals surface area contributed by atoms with E-state index in [1.165, 1.54) is 0 Å². The summed E-state index contributed by atoms with van der Waals surface area (Å²) >= 11 is -2.21. The molecule has 0 saturated carbocycles. The molecule has 1 aromatic carbocycles. The van der Waals surface area contributed by atoms with Crippen LogP contribution in [-0.2, 0) is 22.4 Å². The molecule has 1 unspecified atom stereocenters. The first-order valence-corrected chi connectivity index (χ1v) is 7.21. The molecule has 0 aliphatic rings. The Morgan fingerprint density at radius 3 is 2.70 bits per heavy atom. The average Bonchev–Trinajstić information content (AvgIpc) is 2.44. The number of carbonyl (C=O) groups excluding carboxylic acids is 1. The van der Waals surface area contributed by atoms with Crippen LogP contribution in [0.25, 0.3) is 0 Å². The topological polar surface area (TPSA) is 111 Å². The van der Waals surface area contributed by atoms with E-state index in [0.29, 0.717) is 0 Å². The van der Waals surface area contributed by atoms with Gasteiger partial charge in [0, 0.05) is 6.54 Å². The van der Waals surface area contributed by atoms with Gasteiger partial charge in [0.1, 0.15) is 6.61 Å². The summed E-state index contributed by atoms with van der Waals surface area (Å²) < 4.78 is 25.6. The van der Waals surface area contributed by atoms with Gasteiger partial charge in [-0.2, -0.15) is 0 Å². The number of alkyl carbamates (subject to hydrolysis) is 1. The highest BCUT2D eigenvalue weighted by molar-refractivity contribution is 7.79. The van der Waals surface area contributed by atoms with Crippen LogP contribution in [0.1, 0.15) is 5.56 Å². The van der Waals surface area contributed by atoms with Crippen molar-refractivity contribution in [3.63, 3.8) is 0 Å². The predicted octanol–water partition coefficient (Wildman–Crippen LogP) is -0.300. The fraction of sp³-hybridized carbons (Fsp3) is 0.417. The molecule has 1 rings (SSSR count). The summed E-state index contributed by atoms with van der Waals surface area (Å²) in [5.41, 5.74) is 0.850. The molecule has 20 heavy (non-hydrogen) atoms. The van der Waals surface area contributed by atoms with Crippen LogP contribution in [-0.4, -0.2) is 45.0 Å². The standard InChI is InChI=1S/C12H18N2O5S/c15-7-11(6-13-9-20(17)18)14-12(16)19-8-10-4-2-1-3-5-10/h1-5,11,13,15H,6-9H2,(H,14,16)(H,17,18)/p-1/t11-/m1/s1. The van der Waals surface area contributed by atoms with E-state index in [9.17, 15) is 13.6 Å². The minimum atomic E-state index is -2.21. The second-order valence-corrected chi connectivity index (χ2v) is 4.88.